The van der Waals surface area contributed by atoms with E-state index >= 15 is 0 Å². The Morgan fingerprint density at radius 3 is 2.74 bits per heavy atom. The minimum absolute atomic E-state index is 0.144. The number of nitrogens with two attached hydrogens (primary N) is 1. The van der Waals surface area contributed by atoms with Gasteiger partial charge in [0.05, 0.1) is 12.6 Å². The zero-order chi connectivity index (χ0) is 14.4. The number of aliphatic hydroxyl groups excluding tert-OH is 1. The molecule has 2 atom stereocenters. The van der Waals surface area contributed by atoms with Crippen LogP contribution >= 0.6 is 11.8 Å². The molecule has 106 valence electrons. The van der Waals surface area contributed by atoms with Crippen LogP contribution in [0.4, 0.5) is 0 Å². The van der Waals surface area contributed by atoms with Crippen molar-refractivity contribution in [2.45, 2.75) is 38.5 Å². The molecule has 0 aromatic heterocycles. The van der Waals surface area contributed by atoms with Crippen molar-refractivity contribution in [1.29, 1.82) is 0 Å². The van der Waals surface area contributed by atoms with Crippen LogP contribution in [0.5, 0.6) is 0 Å². The number of β-lactam (4-membered cyclic amide) rings is 1. The first kappa shape index (κ1) is 14.4. The average molecular weight is 286 g/mol. The Morgan fingerprint density at radius 2 is 2.21 bits per heavy atom. The van der Waals surface area contributed by atoms with Crippen LogP contribution in [-0.4, -0.2) is 51.9 Å². The topological polar surface area (TPSA) is 92.9 Å². The number of esters is 1. The largest absolute Gasteiger partial charge is 0.455 e. The molecular weight excluding hydrogens is 268 g/mol. The number of amides is 1. The first-order valence-electron chi connectivity index (χ1n) is 6.05. The van der Waals surface area contributed by atoms with Crippen LogP contribution in [-0.2, 0) is 14.3 Å². The number of hydrogen-bond acceptors (Lipinski definition) is 6. The number of rotatable bonds is 2. The zero-order valence-corrected chi connectivity index (χ0v) is 12.0. The highest BCUT2D eigenvalue weighted by Crippen LogP contribution is 2.38. The predicted molar refractivity (Wildman–Crippen MR) is 71.0 cm³/mol. The van der Waals surface area contributed by atoms with Crippen molar-refractivity contribution in [2.24, 2.45) is 5.73 Å². The Balaban J connectivity index is 2.30. The number of aliphatic hydroxyl groups is 1. The van der Waals surface area contributed by atoms with Crippen LogP contribution in [0.15, 0.2) is 10.6 Å². The van der Waals surface area contributed by atoms with Gasteiger partial charge in [-0.3, -0.25) is 9.69 Å². The standard InChI is InChI=1S/C12H18N2O4S/c1-12(2,3)18-11(17)9-7(4-15)19-5-6-8(13)10(16)14(6)9/h6,8,15H,4-5,13H2,1-3H3/t6-,8-/m1/s1. The number of carbonyl (C=O) groups excluding carboxylic acids is 2. The highest BCUT2D eigenvalue weighted by atomic mass is 32.2. The molecule has 1 fully saturated rings. The third-order valence-corrected chi connectivity index (χ3v) is 4.12. The minimum Gasteiger partial charge on any atom is -0.455 e. The maximum Gasteiger partial charge on any atom is 0.356 e. The van der Waals surface area contributed by atoms with E-state index in [0.717, 1.165) is 0 Å². The van der Waals surface area contributed by atoms with Crippen molar-refractivity contribution in [3.8, 4) is 0 Å². The minimum atomic E-state index is -0.654. The molecule has 1 saturated heterocycles. The van der Waals surface area contributed by atoms with Gasteiger partial charge in [0.2, 0.25) is 5.91 Å². The van der Waals surface area contributed by atoms with E-state index in [9.17, 15) is 14.7 Å². The Morgan fingerprint density at radius 1 is 1.58 bits per heavy atom. The molecule has 2 aliphatic heterocycles. The number of carbonyl (C=O) groups is 2. The second-order valence-electron chi connectivity index (χ2n) is 5.54. The van der Waals surface area contributed by atoms with E-state index in [4.69, 9.17) is 10.5 Å². The molecule has 2 rings (SSSR count). The van der Waals surface area contributed by atoms with Crippen molar-refractivity contribution in [1.82, 2.24) is 4.90 Å². The van der Waals surface area contributed by atoms with E-state index in [-0.39, 0.29) is 24.3 Å². The quantitative estimate of drug-likeness (QED) is 0.540. The summed E-state index contributed by atoms with van der Waals surface area (Å²) in [6, 6.07) is -0.750. The number of thioether (sulfide) groups is 1. The molecule has 0 spiro atoms. The fourth-order valence-corrected chi connectivity index (χ4v) is 3.21. The molecule has 2 aliphatic rings. The normalized spacial score (nSPS) is 27.0. The first-order chi connectivity index (χ1) is 8.76. The highest BCUT2D eigenvalue weighted by molar-refractivity contribution is 8.03. The van der Waals surface area contributed by atoms with Crippen LogP contribution in [0, 0.1) is 0 Å². The van der Waals surface area contributed by atoms with Crippen molar-refractivity contribution in [2.75, 3.05) is 12.4 Å². The van der Waals surface area contributed by atoms with E-state index in [1.54, 1.807) is 20.8 Å². The number of ether oxygens (including phenoxy) is 1. The molecular formula is C12H18N2O4S. The van der Waals surface area contributed by atoms with Gasteiger partial charge in [0.15, 0.2) is 0 Å². The maximum atomic E-state index is 12.2. The molecule has 0 aromatic rings. The number of fused-ring (bicyclic) bond motifs is 1. The number of hydrogen-bond donors (Lipinski definition) is 2. The molecule has 1 amide bonds. The summed E-state index contributed by atoms with van der Waals surface area (Å²) in [5.74, 6) is -0.291. The highest BCUT2D eigenvalue weighted by Gasteiger charge is 2.51. The van der Waals surface area contributed by atoms with Gasteiger partial charge >= 0.3 is 5.97 Å². The monoisotopic (exact) mass is 286 g/mol. The molecule has 0 bridgehead atoms. The summed E-state index contributed by atoms with van der Waals surface area (Å²) in [4.78, 5) is 25.8. The van der Waals surface area contributed by atoms with E-state index < -0.39 is 17.6 Å². The fourth-order valence-electron chi connectivity index (χ4n) is 2.07. The summed E-state index contributed by atoms with van der Waals surface area (Å²) >= 11 is 1.35. The number of nitrogens with zero attached hydrogens (tertiary/aromatic N) is 1. The lowest BCUT2D eigenvalue weighted by molar-refractivity contribution is -0.159. The summed E-state index contributed by atoms with van der Waals surface area (Å²) in [5.41, 5.74) is 5.20. The molecule has 19 heavy (non-hydrogen) atoms. The van der Waals surface area contributed by atoms with E-state index in [1.807, 2.05) is 0 Å². The Labute approximate surface area is 116 Å². The van der Waals surface area contributed by atoms with Gasteiger partial charge in [-0.1, -0.05) is 0 Å². The van der Waals surface area contributed by atoms with Crippen LogP contribution in [0.2, 0.25) is 0 Å². The first-order valence-corrected chi connectivity index (χ1v) is 7.03. The van der Waals surface area contributed by atoms with Crippen molar-refractivity contribution < 1.29 is 19.4 Å². The van der Waals surface area contributed by atoms with Crippen molar-refractivity contribution in [3.63, 3.8) is 0 Å². The van der Waals surface area contributed by atoms with Crippen molar-refractivity contribution >= 4 is 23.6 Å². The smallest absolute Gasteiger partial charge is 0.356 e. The van der Waals surface area contributed by atoms with Crippen LogP contribution in [0.25, 0.3) is 0 Å². The lowest BCUT2D eigenvalue weighted by Gasteiger charge is -2.48. The molecule has 0 aromatic carbocycles. The molecule has 0 unspecified atom stereocenters. The molecule has 0 saturated carbocycles. The Kier molecular flexibility index (Phi) is 3.63. The Bertz CT molecular complexity index is 455. The maximum absolute atomic E-state index is 12.2. The van der Waals surface area contributed by atoms with E-state index in [1.165, 1.54) is 16.7 Å². The van der Waals surface area contributed by atoms with Crippen LogP contribution in [0.1, 0.15) is 20.8 Å². The summed E-state index contributed by atoms with van der Waals surface area (Å²) in [5, 5.41) is 9.33. The van der Waals surface area contributed by atoms with Gasteiger partial charge in [-0.2, -0.15) is 0 Å². The SMILES string of the molecule is CC(C)(C)OC(=O)C1=C(CO)SC[C@@H]2[C@@H](N)C(=O)N12. The summed E-state index contributed by atoms with van der Waals surface area (Å²) < 4.78 is 5.29. The van der Waals surface area contributed by atoms with Gasteiger partial charge in [0.25, 0.3) is 0 Å². The van der Waals surface area contributed by atoms with Gasteiger partial charge in [-0.25, -0.2) is 4.79 Å². The van der Waals surface area contributed by atoms with E-state index in [0.29, 0.717) is 10.7 Å². The van der Waals surface area contributed by atoms with Gasteiger partial charge in [0.1, 0.15) is 17.3 Å². The third kappa shape index (κ3) is 2.50. The molecule has 6 nitrogen and oxygen atoms in total. The van der Waals surface area contributed by atoms with Crippen LogP contribution < -0.4 is 5.73 Å². The third-order valence-electron chi connectivity index (χ3n) is 2.94. The summed E-state index contributed by atoms with van der Waals surface area (Å²) in [6.07, 6.45) is 0. The molecule has 0 aliphatic carbocycles. The molecule has 2 heterocycles. The lowest BCUT2D eigenvalue weighted by atomic mass is 9.96. The molecule has 7 heteroatoms. The average Bonchev–Trinajstić information content (AvgIpc) is 2.33. The van der Waals surface area contributed by atoms with Crippen LogP contribution in [0.3, 0.4) is 0 Å². The fraction of sp³-hybridized carbons (Fsp3) is 0.667. The lowest BCUT2D eigenvalue weighted by Crippen LogP contribution is -2.70. The predicted octanol–water partition coefficient (Wildman–Crippen LogP) is -0.183. The van der Waals surface area contributed by atoms with Gasteiger partial charge in [-0.05, 0) is 20.8 Å². The Hall–Kier alpha value is -1.05. The zero-order valence-electron chi connectivity index (χ0n) is 11.2. The van der Waals surface area contributed by atoms with E-state index in [2.05, 4.69) is 0 Å². The summed E-state index contributed by atoms with van der Waals surface area (Å²) in [7, 11) is 0. The van der Waals surface area contributed by atoms with Crippen molar-refractivity contribution in [3.05, 3.63) is 10.6 Å². The second kappa shape index (κ2) is 4.81. The molecule has 0 radical (unpaired) electrons. The van der Waals surface area contributed by atoms with Gasteiger partial charge in [0, 0.05) is 10.7 Å². The molecule has 3 N–H and O–H groups in total. The summed E-state index contributed by atoms with van der Waals surface area (Å²) in [6.45, 7) is 4.97. The van der Waals surface area contributed by atoms with Gasteiger partial charge in [-0.15, -0.1) is 11.8 Å². The van der Waals surface area contributed by atoms with Gasteiger partial charge < -0.3 is 15.6 Å². The second-order valence-corrected chi connectivity index (χ2v) is 6.66.